The lowest BCUT2D eigenvalue weighted by Crippen LogP contribution is -2.30. The lowest BCUT2D eigenvalue weighted by atomic mass is 10.0. The van der Waals surface area contributed by atoms with Gasteiger partial charge in [-0.25, -0.2) is 19.0 Å². The molecular weight excluding hydrogens is 512 g/mol. The molecule has 1 saturated carbocycles. The van der Waals surface area contributed by atoms with Crippen molar-refractivity contribution in [1.29, 1.82) is 0 Å². The Bertz CT molecular complexity index is 1580. The van der Waals surface area contributed by atoms with E-state index in [0.29, 0.717) is 57.1 Å². The Morgan fingerprint density at radius 2 is 1.95 bits per heavy atom. The largest absolute Gasteiger partial charge is 0.416 e. The summed E-state index contributed by atoms with van der Waals surface area (Å²) in [4.78, 5) is 22.9. The van der Waals surface area contributed by atoms with E-state index >= 15 is 0 Å². The van der Waals surface area contributed by atoms with Crippen molar-refractivity contribution in [2.24, 2.45) is 0 Å². The van der Waals surface area contributed by atoms with E-state index in [1.807, 2.05) is 4.68 Å². The molecule has 6 rings (SSSR count). The van der Waals surface area contributed by atoms with Crippen LogP contribution in [0.3, 0.4) is 0 Å². The van der Waals surface area contributed by atoms with E-state index in [2.05, 4.69) is 9.97 Å². The third-order valence-corrected chi connectivity index (χ3v) is 7.21. The molecule has 37 heavy (non-hydrogen) atoms. The zero-order valence-corrected chi connectivity index (χ0v) is 19.9. The molecule has 3 heterocycles. The topological polar surface area (TPSA) is 89.9 Å². The van der Waals surface area contributed by atoms with Crippen molar-refractivity contribution in [3.05, 3.63) is 64.2 Å². The van der Waals surface area contributed by atoms with Gasteiger partial charge in [0, 0.05) is 17.8 Å². The summed E-state index contributed by atoms with van der Waals surface area (Å²) < 4.78 is 55.3. The van der Waals surface area contributed by atoms with Gasteiger partial charge >= 0.3 is 6.18 Å². The Kier molecular flexibility index (Phi) is 5.37. The molecule has 0 bridgehead atoms. The number of carbonyl (C=O) groups excluding carboxylic acids is 1. The molecule has 0 saturated heterocycles. The zero-order valence-electron chi connectivity index (χ0n) is 19.2. The summed E-state index contributed by atoms with van der Waals surface area (Å²) in [7, 11) is 0. The van der Waals surface area contributed by atoms with Gasteiger partial charge in [0.2, 0.25) is 5.91 Å². The van der Waals surface area contributed by atoms with Crippen LogP contribution >= 0.6 is 11.6 Å². The van der Waals surface area contributed by atoms with Gasteiger partial charge in [0.05, 0.1) is 28.4 Å². The number of hydrogen-bond donors (Lipinski definition) is 1. The highest BCUT2D eigenvalue weighted by atomic mass is 35.5. The van der Waals surface area contributed by atoms with Crippen molar-refractivity contribution >= 4 is 40.0 Å². The summed E-state index contributed by atoms with van der Waals surface area (Å²) in [5.74, 6) is -1.11. The summed E-state index contributed by atoms with van der Waals surface area (Å²) in [6, 6.07) is 5.74. The van der Waals surface area contributed by atoms with E-state index in [1.165, 1.54) is 11.2 Å². The fourth-order valence-electron chi connectivity index (χ4n) is 4.79. The third kappa shape index (κ3) is 3.97. The predicted octanol–water partition coefficient (Wildman–Crippen LogP) is 5.35. The van der Waals surface area contributed by atoms with Gasteiger partial charge < -0.3 is 10.6 Å². The molecule has 0 unspecified atom stereocenters. The van der Waals surface area contributed by atoms with Crippen LogP contribution in [-0.4, -0.2) is 32.2 Å². The Morgan fingerprint density at radius 1 is 1.16 bits per heavy atom. The van der Waals surface area contributed by atoms with E-state index in [-0.39, 0.29) is 24.0 Å². The van der Waals surface area contributed by atoms with Gasteiger partial charge in [0.25, 0.3) is 0 Å². The van der Waals surface area contributed by atoms with E-state index in [1.54, 1.807) is 12.1 Å². The molecule has 0 radical (unpaired) electrons. The van der Waals surface area contributed by atoms with Gasteiger partial charge in [-0.15, -0.1) is 0 Å². The number of carbonyl (C=O) groups is 1. The van der Waals surface area contributed by atoms with Crippen LogP contribution in [0.1, 0.15) is 35.6 Å². The number of hydrogen-bond acceptors (Lipinski definition) is 5. The molecule has 1 aliphatic carbocycles. The molecule has 0 spiro atoms. The SMILES string of the molecule is Nc1ncnc2c1c(-c1ccc3c(c1Cl)CCN3C(=O)Cc1cc(C(F)(F)F)ccc1F)nn2C1CC1. The highest BCUT2D eigenvalue weighted by Crippen LogP contribution is 2.44. The van der Waals surface area contributed by atoms with Gasteiger partial charge in [-0.05, 0) is 60.7 Å². The summed E-state index contributed by atoms with van der Waals surface area (Å²) in [6.45, 7) is 0.264. The summed E-state index contributed by atoms with van der Waals surface area (Å²) in [5, 5.41) is 5.74. The molecule has 1 amide bonds. The molecule has 4 aromatic rings. The van der Waals surface area contributed by atoms with Crippen LogP contribution < -0.4 is 10.6 Å². The minimum absolute atomic E-state index is 0.239. The number of rotatable bonds is 4. The number of alkyl halides is 3. The van der Waals surface area contributed by atoms with Crippen molar-refractivity contribution in [3.63, 3.8) is 0 Å². The highest BCUT2D eigenvalue weighted by molar-refractivity contribution is 6.35. The van der Waals surface area contributed by atoms with Crippen molar-refractivity contribution < 1.29 is 22.4 Å². The number of amides is 1. The number of nitrogens with two attached hydrogens (primary N) is 1. The van der Waals surface area contributed by atoms with Crippen LogP contribution in [-0.2, 0) is 23.8 Å². The number of nitrogen functional groups attached to an aromatic ring is 1. The summed E-state index contributed by atoms with van der Waals surface area (Å²) >= 11 is 6.82. The second-order valence-corrected chi connectivity index (χ2v) is 9.56. The number of aromatic nitrogens is 4. The standard InChI is InChI=1S/C25H19ClF4N6O/c26-21-15-7-8-35(19(37)10-12-9-13(25(28,29)30)1-5-17(12)27)18(15)6-4-16(21)22-20-23(31)32-11-33-24(20)36(34-22)14-2-3-14/h1,4-6,9,11,14H,2-3,7-8,10H2,(H2,31,32,33). The molecule has 2 aliphatic rings. The quantitative estimate of drug-likeness (QED) is 0.359. The van der Waals surface area contributed by atoms with E-state index in [4.69, 9.17) is 22.4 Å². The Hall–Kier alpha value is -3.73. The Labute approximate surface area is 212 Å². The van der Waals surface area contributed by atoms with Crippen LogP contribution in [0.2, 0.25) is 5.02 Å². The zero-order chi connectivity index (χ0) is 26.1. The van der Waals surface area contributed by atoms with Crippen molar-refractivity contribution in [2.75, 3.05) is 17.2 Å². The fourth-order valence-corrected chi connectivity index (χ4v) is 5.13. The van der Waals surface area contributed by atoms with E-state index in [9.17, 15) is 22.4 Å². The van der Waals surface area contributed by atoms with Gasteiger partial charge in [-0.1, -0.05) is 11.6 Å². The van der Waals surface area contributed by atoms with Crippen LogP contribution in [0.5, 0.6) is 0 Å². The van der Waals surface area contributed by atoms with Crippen molar-refractivity contribution in [2.45, 2.75) is 37.9 Å². The van der Waals surface area contributed by atoms with Crippen LogP contribution in [0, 0.1) is 5.82 Å². The number of benzene rings is 2. The van der Waals surface area contributed by atoms with Crippen LogP contribution in [0.4, 0.5) is 29.1 Å². The van der Waals surface area contributed by atoms with E-state index in [0.717, 1.165) is 18.9 Å². The molecule has 12 heteroatoms. The average molecular weight is 531 g/mol. The maximum absolute atomic E-state index is 14.2. The highest BCUT2D eigenvalue weighted by Gasteiger charge is 2.34. The first kappa shape index (κ1) is 23.7. The van der Waals surface area contributed by atoms with E-state index < -0.39 is 29.9 Å². The summed E-state index contributed by atoms with van der Waals surface area (Å²) in [6.07, 6.45) is -1.36. The molecule has 2 aromatic heterocycles. The molecule has 190 valence electrons. The molecule has 1 fully saturated rings. The molecule has 1 aliphatic heterocycles. The van der Waals surface area contributed by atoms with Gasteiger partial charge in [-0.3, -0.25) is 4.79 Å². The molecule has 2 N–H and O–H groups in total. The maximum Gasteiger partial charge on any atom is 0.416 e. The Balaban J connectivity index is 1.34. The van der Waals surface area contributed by atoms with Gasteiger partial charge in [0.15, 0.2) is 5.65 Å². The van der Waals surface area contributed by atoms with Crippen molar-refractivity contribution in [3.8, 4) is 11.3 Å². The predicted molar refractivity (Wildman–Crippen MR) is 130 cm³/mol. The van der Waals surface area contributed by atoms with Crippen LogP contribution in [0.25, 0.3) is 22.3 Å². The number of fused-ring (bicyclic) bond motifs is 2. The normalized spacial score (nSPS) is 15.4. The second kappa shape index (κ2) is 8.41. The maximum atomic E-state index is 14.2. The molecule has 7 nitrogen and oxygen atoms in total. The van der Waals surface area contributed by atoms with Crippen LogP contribution in [0.15, 0.2) is 36.7 Å². The number of nitrogens with zero attached hydrogens (tertiary/aromatic N) is 5. The first-order valence-corrected chi connectivity index (χ1v) is 12.0. The average Bonchev–Trinajstić information content (AvgIpc) is 3.47. The Morgan fingerprint density at radius 3 is 2.68 bits per heavy atom. The van der Waals surface area contributed by atoms with Crippen molar-refractivity contribution in [1.82, 2.24) is 19.7 Å². The second-order valence-electron chi connectivity index (χ2n) is 9.18. The first-order chi connectivity index (χ1) is 17.6. The minimum Gasteiger partial charge on any atom is -0.383 e. The number of anilines is 2. The minimum atomic E-state index is -4.64. The van der Waals surface area contributed by atoms with Gasteiger partial charge in [0.1, 0.15) is 23.7 Å². The monoisotopic (exact) mass is 530 g/mol. The molecule has 2 aromatic carbocycles. The fraction of sp³-hybridized carbons (Fsp3) is 0.280. The third-order valence-electron chi connectivity index (χ3n) is 6.78. The first-order valence-electron chi connectivity index (χ1n) is 11.6. The smallest absolute Gasteiger partial charge is 0.383 e. The molecular formula is C25H19ClF4N6O. The molecule has 0 atom stereocenters. The lowest BCUT2D eigenvalue weighted by Gasteiger charge is -2.19. The lowest BCUT2D eigenvalue weighted by molar-refractivity contribution is -0.137. The van der Waals surface area contributed by atoms with Gasteiger partial charge in [-0.2, -0.15) is 18.3 Å². The summed E-state index contributed by atoms with van der Waals surface area (Å²) in [5.41, 5.74) is 7.86. The number of halogens is 5.